The molecule has 5 nitrogen and oxygen atoms in total. The van der Waals surface area contributed by atoms with E-state index in [-0.39, 0.29) is 5.95 Å². The SMILES string of the molecule is Nc1nc(N)c2c(Br)c(C[P+](c3ccccc3)(c3ccccc3)c3ccccc3)cnc2n1. The minimum absolute atomic E-state index is 0.117. The van der Waals surface area contributed by atoms with E-state index in [9.17, 15) is 0 Å². The van der Waals surface area contributed by atoms with Crippen LogP contribution in [0.2, 0.25) is 0 Å². The molecule has 7 heteroatoms. The zero-order valence-corrected chi connectivity index (χ0v) is 20.2. The molecule has 2 aromatic heterocycles. The van der Waals surface area contributed by atoms with E-state index in [1.54, 1.807) is 0 Å². The fraction of sp³-hybridized carbons (Fsp3) is 0.0385. The average Bonchev–Trinajstić information content (AvgIpc) is 2.85. The minimum Gasteiger partial charge on any atom is -0.383 e. The van der Waals surface area contributed by atoms with Gasteiger partial charge in [-0.25, -0.2) is 4.98 Å². The third-order valence-corrected chi connectivity index (χ3v) is 11.0. The van der Waals surface area contributed by atoms with Crippen molar-refractivity contribution in [3.63, 3.8) is 0 Å². The number of nitrogens with two attached hydrogens (primary N) is 2. The van der Waals surface area contributed by atoms with Crippen LogP contribution < -0.4 is 27.4 Å². The zero-order valence-electron chi connectivity index (χ0n) is 17.8. The minimum atomic E-state index is -2.08. The van der Waals surface area contributed by atoms with Crippen LogP contribution in [-0.2, 0) is 6.16 Å². The Balaban J connectivity index is 1.80. The van der Waals surface area contributed by atoms with Crippen molar-refractivity contribution in [2.24, 2.45) is 0 Å². The summed E-state index contributed by atoms with van der Waals surface area (Å²) in [6, 6.07) is 32.2. The van der Waals surface area contributed by atoms with Crippen LogP contribution in [0.15, 0.2) is 102 Å². The smallest absolute Gasteiger partial charge is 0.224 e. The van der Waals surface area contributed by atoms with Crippen molar-refractivity contribution in [1.82, 2.24) is 15.0 Å². The number of benzene rings is 3. The van der Waals surface area contributed by atoms with Crippen molar-refractivity contribution in [2.75, 3.05) is 11.5 Å². The summed E-state index contributed by atoms with van der Waals surface area (Å²) in [5.41, 5.74) is 13.6. The third kappa shape index (κ3) is 3.86. The van der Waals surface area contributed by atoms with Gasteiger partial charge in [0, 0.05) is 16.2 Å². The molecule has 0 aliphatic carbocycles. The molecule has 0 aliphatic rings. The summed E-state index contributed by atoms with van der Waals surface area (Å²) in [7, 11) is -2.08. The number of pyridine rings is 1. The number of hydrogen-bond donors (Lipinski definition) is 2. The second kappa shape index (κ2) is 8.89. The molecule has 0 radical (unpaired) electrons. The molecule has 0 aliphatic heterocycles. The van der Waals surface area contributed by atoms with Crippen LogP contribution in [0.3, 0.4) is 0 Å². The van der Waals surface area contributed by atoms with Gasteiger partial charge in [-0.15, -0.1) is 0 Å². The Morgan fingerprint density at radius 1 is 0.697 bits per heavy atom. The highest BCUT2D eigenvalue weighted by atomic mass is 79.9. The highest BCUT2D eigenvalue weighted by Gasteiger charge is 2.46. The highest BCUT2D eigenvalue weighted by Crippen LogP contribution is 2.59. The van der Waals surface area contributed by atoms with E-state index in [0.717, 1.165) is 16.2 Å². The van der Waals surface area contributed by atoms with Gasteiger partial charge in [-0.2, -0.15) is 9.97 Å². The van der Waals surface area contributed by atoms with Gasteiger partial charge in [-0.3, -0.25) is 0 Å². The molecule has 5 rings (SSSR count). The van der Waals surface area contributed by atoms with Crippen LogP contribution in [-0.4, -0.2) is 15.0 Å². The van der Waals surface area contributed by atoms with Gasteiger partial charge in [-0.05, 0) is 52.3 Å². The standard InChI is InChI=1S/C26H22BrN5P/c27-23-18(16-30-25-22(23)24(28)31-26(29)32-25)17-33(19-10-4-1-5-11-19,20-12-6-2-7-13-20)21-14-8-3-9-15-21/h1-16H,17H2,(H4,28,29,30,31,32)/q+1. The monoisotopic (exact) mass is 514 g/mol. The molecule has 33 heavy (non-hydrogen) atoms. The van der Waals surface area contributed by atoms with Crippen LogP contribution in [0.5, 0.6) is 0 Å². The Hall–Kier alpha value is -3.34. The van der Waals surface area contributed by atoms with E-state index in [2.05, 4.69) is 122 Å². The highest BCUT2D eigenvalue weighted by molar-refractivity contribution is 9.10. The van der Waals surface area contributed by atoms with Crippen molar-refractivity contribution in [3.8, 4) is 0 Å². The number of rotatable bonds is 5. The van der Waals surface area contributed by atoms with E-state index < -0.39 is 7.26 Å². The van der Waals surface area contributed by atoms with Crippen molar-refractivity contribution in [1.29, 1.82) is 0 Å². The number of halogens is 1. The van der Waals surface area contributed by atoms with Gasteiger partial charge in [-0.1, -0.05) is 54.6 Å². The molecule has 0 unspecified atom stereocenters. The molecule has 0 bridgehead atoms. The van der Waals surface area contributed by atoms with Crippen LogP contribution in [0, 0.1) is 0 Å². The number of fused-ring (bicyclic) bond motifs is 1. The van der Waals surface area contributed by atoms with Crippen molar-refractivity contribution >= 4 is 61.9 Å². The van der Waals surface area contributed by atoms with Gasteiger partial charge in [0.2, 0.25) is 5.95 Å². The maximum absolute atomic E-state index is 6.23. The summed E-state index contributed by atoms with van der Waals surface area (Å²) < 4.78 is 0.858. The van der Waals surface area contributed by atoms with Crippen LogP contribution in [0.4, 0.5) is 11.8 Å². The van der Waals surface area contributed by atoms with Gasteiger partial charge in [0.1, 0.15) is 35.2 Å². The average molecular weight is 515 g/mol. The lowest BCUT2D eigenvalue weighted by Gasteiger charge is -2.28. The molecule has 4 N–H and O–H groups in total. The third-order valence-electron chi connectivity index (χ3n) is 5.78. The molecule has 0 amide bonds. The lowest BCUT2D eigenvalue weighted by Crippen LogP contribution is -2.32. The first-order valence-electron chi connectivity index (χ1n) is 10.5. The molecule has 0 saturated carbocycles. The van der Waals surface area contributed by atoms with E-state index in [1.807, 2.05) is 6.20 Å². The molecule has 0 saturated heterocycles. The summed E-state index contributed by atoms with van der Waals surface area (Å²) >= 11 is 3.80. The van der Waals surface area contributed by atoms with Gasteiger partial charge >= 0.3 is 0 Å². The van der Waals surface area contributed by atoms with Crippen LogP contribution >= 0.6 is 23.2 Å². The summed E-state index contributed by atoms with van der Waals surface area (Å²) in [6.45, 7) is 0. The number of hydrogen-bond acceptors (Lipinski definition) is 5. The molecule has 162 valence electrons. The number of nitrogen functional groups attached to an aromatic ring is 2. The molecular formula is C26H22BrN5P+. The second-order valence-corrected chi connectivity index (χ2v) is 12.0. The number of aromatic nitrogens is 3. The van der Waals surface area contributed by atoms with E-state index in [0.29, 0.717) is 16.9 Å². The first-order valence-corrected chi connectivity index (χ1v) is 13.3. The summed E-state index contributed by atoms with van der Waals surface area (Å²) in [6.07, 6.45) is 2.64. The second-order valence-electron chi connectivity index (χ2n) is 7.74. The van der Waals surface area contributed by atoms with Crippen molar-refractivity contribution in [2.45, 2.75) is 6.16 Å². The van der Waals surface area contributed by atoms with Gasteiger partial charge < -0.3 is 11.5 Å². The molecule has 0 spiro atoms. The van der Waals surface area contributed by atoms with Gasteiger partial charge in [0.05, 0.1) is 5.39 Å². The van der Waals surface area contributed by atoms with E-state index >= 15 is 0 Å². The summed E-state index contributed by atoms with van der Waals surface area (Å²) in [4.78, 5) is 13.0. The predicted octanol–water partition coefficient (Wildman–Crippen LogP) is 4.45. The normalized spacial score (nSPS) is 11.5. The molecular weight excluding hydrogens is 493 g/mol. The van der Waals surface area contributed by atoms with Crippen molar-refractivity contribution < 1.29 is 0 Å². The van der Waals surface area contributed by atoms with Crippen LogP contribution in [0.25, 0.3) is 11.0 Å². The Kier molecular flexibility index (Phi) is 5.79. The fourth-order valence-electron chi connectivity index (χ4n) is 4.28. The molecule has 0 atom stereocenters. The first kappa shape index (κ1) is 21.5. The molecule has 5 aromatic rings. The first-order chi connectivity index (χ1) is 16.1. The topological polar surface area (TPSA) is 90.7 Å². The number of nitrogens with zero attached hydrogens (tertiary/aromatic N) is 3. The van der Waals surface area contributed by atoms with E-state index in [4.69, 9.17) is 11.5 Å². The zero-order chi connectivity index (χ0) is 22.8. The molecule has 0 fully saturated rings. The summed E-state index contributed by atoms with van der Waals surface area (Å²) in [5.74, 6) is 0.439. The maximum atomic E-state index is 6.23. The van der Waals surface area contributed by atoms with Gasteiger partial charge in [0.15, 0.2) is 5.65 Å². The number of anilines is 2. The maximum Gasteiger partial charge on any atom is 0.224 e. The van der Waals surface area contributed by atoms with Crippen LogP contribution in [0.1, 0.15) is 5.56 Å². The lowest BCUT2D eigenvalue weighted by atomic mass is 10.2. The Bertz CT molecular complexity index is 1320. The predicted molar refractivity (Wildman–Crippen MR) is 143 cm³/mol. The summed E-state index contributed by atoms with van der Waals surface area (Å²) in [5, 5.41) is 4.59. The largest absolute Gasteiger partial charge is 0.383 e. The quantitative estimate of drug-likeness (QED) is 0.338. The lowest BCUT2D eigenvalue weighted by molar-refractivity contribution is 1.18. The van der Waals surface area contributed by atoms with Gasteiger partial charge in [0.25, 0.3) is 0 Å². The molecule has 3 aromatic carbocycles. The Morgan fingerprint density at radius 3 is 1.67 bits per heavy atom. The Labute approximate surface area is 201 Å². The van der Waals surface area contributed by atoms with Crippen molar-refractivity contribution in [3.05, 3.63) is 107 Å². The fourth-order valence-corrected chi connectivity index (χ4v) is 9.35. The van der Waals surface area contributed by atoms with E-state index in [1.165, 1.54) is 15.9 Å². The Morgan fingerprint density at radius 2 is 1.18 bits per heavy atom. The molecule has 2 heterocycles.